The lowest BCUT2D eigenvalue weighted by Gasteiger charge is -2.31. The third kappa shape index (κ3) is 1.59. The van der Waals surface area contributed by atoms with Crippen LogP contribution < -0.4 is 16.0 Å². The van der Waals surface area contributed by atoms with Gasteiger partial charge in [-0.25, -0.2) is 9.69 Å². The van der Waals surface area contributed by atoms with Gasteiger partial charge in [-0.2, -0.15) is 0 Å². The SMILES string of the molecule is NCc1ccc(N2C(=O)NCC3(CC3)C2=O)cc1. The fourth-order valence-corrected chi connectivity index (χ4v) is 2.29. The largest absolute Gasteiger partial charge is 0.336 e. The van der Waals surface area contributed by atoms with Gasteiger partial charge in [0, 0.05) is 13.1 Å². The summed E-state index contributed by atoms with van der Waals surface area (Å²) in [6.45, 7) is 0.923. The van der Waals surface area contributed by atoms with Crippen molar-refractivity contribution in [3.8, 4) is 0 Å². The lowest BCUT2D eigenvalue weighted by Crippen LogP contribution is -2.56. The molecule has 1 aromatic carbocycles. The Hall–Kier alpha value is -1.88. The van der Waals surface area contributed by atoms with E-state index in [2.05, 4.69) is 5.32 Å². The standard InChI is InChI=1S/C13H15N3O2/c14-7-9-1-3-10(4-2-9)16-11(17)13(5-6-13)8-15-12(16)18/h1-4H,5-8,14H2,(H,15,18). The van der Waals surface area contributed by atoms with Crippen LogP contribution in [0, 0.1) is 5.41 Å². The van der Waals surface area contributed by atoms with Gasteiger partial charge in [-0.1, -0.05) is 12.1 Å². The first kappa shape index (κ1) is 11.2. The normalized spacial score (nSPS) is 21.1. The molecule has 2 aliphatic rings. The summed E-state index contributed by atoms with van der Waals surface area (Å²) in [5, 5.41) is 2.78. The van der Waals surface area contributed by atoms with Crippen molar-refractivity contribution in [2.24, 2.45) is 11.1 Å². The van der Waals surface area contributed by atoms with Crippen LogP contribution >= 0.6 is 0 Å². The molecule has 1 saturated heterocycles. The van der Waals surface area contributed by atoms with Gasteiger partial charge in [-0.3, -0.25) is 4.79 Å². The number of hydrogen-bond donors (Lipinski definition) is 2. The maximum atomic E-state index is 12.3. The number of nitrogens with two attached hydrogens (primary N) is 1. The first-order valence-corrected chi connectivity index (χ1v) is 6.08. The van der Waals surface area contributed by atoms with Crippen LogP contribution in [0.25, 0.3) is 0 Å². The first-order chi connectivity index (χ1) is 8.66. The molecule has 3 amide bonds. The zero-order valence-electron chi connectivity index (χ0n) is 9.98. The van der Waals surface area contributed by atoms with Crippen molar-refractivity contribution < 1.29 is 9.59 Å². The minimum atomic E-state index is -0.335. The van der Waals surface area contributed by atoms with Gasteiger partial charge in [0.25, 0.3) is 0 Å². The Kier molecular flexibility index (Phi) is 2.38. The zero-order valence-corrected chi connectivity index (χ0v) is 9.98. The van der Waals surface area contributed by atoms with Gasteiger partial charge in [0.1, 0.15) is 0 Å². The predicted molar refractivity (Wildman–Crippen MR) is 66.9 cm³/mol. The number of urea groups is 1. The van der Waals surface area contributed by atoms with E-state index in [1.54, 1.807) is 12.1 Å². The number of rotatable bonds is 2. The number of nitrogens with zero attached hydrogens (tertiary/aromatic N) is 1. The summed E-state index contributed by atoms with van der Waals surface area (Å²) in [5.74, 6) is -0.0771. The van der Waals surface area contributed by atoms with Crippen LogP contribution in [-0.4, -0.2) is 18.5 Å². The van der Waals surface area contributed by atoms with Crippen LogP contribution in [0.1, 0.15) is 18.4 Å². The van der Waals surface area contributed by atoms with Crippen LogP contribution in [0.2, 0.25) is 0 Å². The van der Waals surface area contributed by atoms with E-state index in [1.165, 1.54) is 4.90 Å². The fraction of sp³-hybridized carbons (Fsp3) is 0.385. The molecule has 0 atom stereocenters. The van der Waals surface area contributed by atoms with Gasteiger partial charge in [0.2, 0.25) is 5.91 Å². The van der Waals surface area contributed by atoms with Crippen LogP contribution in [0.4, 0.5) is 10.5 Å². The molecule has 0 bridgehead atoms. The first-order valence-electron chi connectivity index (χ1n) is 6.08. The average molecular weight is 245 g/mol. The van der Waals surface area contributed by atoms with Gasteiger partial charge in [0.05, 0.1) is 11.1 Å². The van der Waals surface area contributed by atoms with Crippen molar-refractivity contribution in [3.63, 3.8) is 0 Å². The maximum Gasteiger partial charge on any atom is 0.328 e. The second-order valence-corrected chi connectivity index (χ2v) is 4.95. The van der Waals surface area contributed by atoms with E-state index in [4.69, 9.17) is 5.73 Å². The number of imide groups is 1. The zero-order chi connectivity index (χ0) is 12.8. The lowest BCUT2D eigenvalue weighted by molar-refractivity contribution is -0.123. The molecule has 3 rings (SSSR count). The van der Waals surface area contributed by atoms with Gasteiger partial charge in [-0.05, 0) is 30.5 Å². The second-order valence-electron chi connectivity index (χ2n) is 4.95. The summed E-state index contributed by atoms with van der Waals surface area (Å²) in [6, 6.07) is 6.87. The number of carbonyl (C=O) groups excluding carboxylic acids is 2. The van der Waals surface area contributed by atoms with Crippen molar-refractivity contribution >= 4 is 17.6 Å². The molecule has 1 spiro atoms. The summed E-state index contributed by atoms with van der Waals surface area (Å²) in [6.07, 6.45) is 1.73. The van der Waals surface area contributed by atoms with Crippen molar-refractivity contribution in [2.45, 2.75) is 19.4 Å². The van der Waals surface area contributed by atoms with Crippen molar-refractivity contribution in [2.75, 3.05) is 11.4 Å². The fourth-order valence-electron chi connectivity index (χ4n) is 2.29. The highest BCUT2D eigenvalue weighted by Gasteiger charge is 2.56. The Morgan fingerprint density at radius 2 is 1.89 bits per heavy atom. The monoisotopic (exact) mass is 245 g/mol. The van der Waals surface area contributed by atoms with E-state index >= 15 is 0 Å². The number of nitrogens with one attached hydrogen (secondary N) is 1. The summed E-state index contributed by atoms with van der Waals surface area (Å²) in [7, 11) is 0. The molecule has 0 radical (unpaired) electrons. The molecule has 5 nitrogen and oxygen atoms in total. The molecule has 1 aromatic rings. The highest BCUT2D eigenvalue weighted by atomic mass is 16.2. The Bertz CT molecular complexity index is 505. The van der Waals surface area contributed by atoms with E-state index in [1.807, 2.05) is 12.1 Å². The number of hydrogen-bond acceptors (Lipinski definition) is 3. The lowest BCUT2D eigenvalue weighted by atomic mass is 10.0. The van der Waals surface area contributed by atoms with E-state index in [9.17, 15) is 9.59 Å². The minimum absolute atomic E-state index is 0.0771. The maximum absolute atomic E-state index is 12.3. The number of benzene rings is 1. The predicted octanol–water partition coefficient (Wildman–Crippen LogP) is 0.982. The highest BCUT2D eigenvalue weighted by Crippen LogP contribution is 2.48. The van der Waals surface area contributed by atoms with E-state index in [-0.39, 0.29) is 17.4 Å². The molecule has 1 heterocycles. The second kappa shape index (κ2) is 3.81. The Morgan fingerprint density at radius 3 is 2.44 bits per heavy atom. The molecule has 1 aliphatic heterocycles. The molecule has 0 unspecified atom stereocenters. The molecule has 5 heteroatoms. The van der Waals surface area contributed by atoms with Gasteiger partial charge < -0.3 is 11.1 Å². The van der Waals surface area contributed by atoms with E-state index < -0.39 is 0 Å². The topological polar surface area (TPSA) is 75.4 Å². The molecule has 94 valence electrons. The average Bonchev–Trinajstić information content (AvgIpc) is 3.17. The Morgan fingerprint density at radius 1 is 1.22 bits per heavy atom. The molecule has 0 aromatic heterocycles. The summed E-state index contributed by atoms with van der Waals surface area (Å²) >= 11 is 0. The number of amides is 3. The van der Waals surface area contributed by atoms with Crippen LogP contribution in [0.5, 0.6) is 0 Å². The smallest absolute Gasteiger partial charge is 0.328 e. The molecule has 3 N–H and O–H groups in total. The number of anilines is 1. The Labute approximate surface area is 105 Å². The van der Waals surface area contributed by atoms with Gasteiger partial charge in [0.15, 0.2) is 0 Å². The van der Waals surface area contributed by atoms with E-state index in [0.717, 1.165) is 18.4 Å². The third-order valence-electron chi connectivity index (χ3n) is 3.72. The quantitative estimate of drug-likeness (QED) is 0.815. The van der Waals surface area contributed by atoms with Gasteiger partial charge in [-0.15, -0.1) is 0 Å². The third-order valence-corrected chi connectivity index (χ3v) is 3.72. The molecule has 2 fully saturated rings. The van der Waals surface area contributed by atoms with Crippen molar-refractivity contribution in [1.82, 2.24) is 5.32 Å². The molecular weight excluding hydrogens is 230 g/mol. The minimum Gasteiger partial charge on any atom is -0.336 e. The van der Waals surface area contributed by atoms with Crippen molar-refractivity contribution in [1.29, 1.82) is 0 Å². The Balaban J connectivity index is 1.92. The summed E-state index contributed by atoms with van der Waals surface area (Å²) in [5.41, 5.74) is 6.78. The van der Waals surface area contributed by atoms with Crippen LogP contribution in [0.15, 0.2) is 24.3 Å². The number of carbonyl (C=O) groups is 2. The van der Waals surface area contributed by atoms with Gasteiger partial charge >= 0.3 is 6.03 Å². The molecule has 18 heavy (non-hydrogen) atoms. The van der Waals surface area contributed by atoms with Crippen molar-refractivity contribution in [3.05, 3.63) is 29.8 Å². The van der Waals surface area contributed by atoms with Crippen LogP contribution in [0.3, 0.4) is 0 Å². The molecule has 1 aliphatic carbocycles. The molecule has 1 saturated carbocycles. The molecular formula is C13H15N3O2. The van der Waals surface area contributed by atoms with Crippen LogP contribution in [-0.2, 0) is 11.3 Å². The highest BCUT2D eigenvalue weighted by molar-refractivity contribution is 6.18. The summed E-state index contributed by atoms with van der Waals surface area (Å²) in [4.78, 5) is 25.4. The summed E-state index contributed by atoms with van der Waals surface area (Å²) < 4.78 is 0. The van der Waals surface area contributed by atoms with E-state index in [0.29, 0.717) is 18.8 Å².